The van der Waals surface area contributed by atoms with Crippen LogP contribution in [0.1, 0.15) is 18.5 Å². The molecule has 4 heteroatoms. The van der Waals surface area contributed by atoms with Crippen LogP contribution in [0.2, 0.25) is 10.0 Å². The molecule has 1 atom stereocenters. The molecule has 100 valence electrons. The Morgan fingerprint density at radius 1 is 1.11 bits per heavy atom. The molecular weight excluding hydrogens is 281 g/mol. The van der Waals surface area contributed by atoms with Crippen molar-refractivity contribution >= 4 is 28.9 Å². The topological polar surface area (TPSA) is 21.3 Å². The number of anilines is 1. The largest absolute Gasteiger partial charge is 0.497 e. The van der Waals surface area contributed by atoms with Gasteiger partial charge in [-0.15, -0.1) is 0 Å². The van der Waals surface area contributed by atoms with E-state index in [0.717, 1.165) is 22.0 Å². The van der Waals surface area contributed by atoms with Gasteiger partial charge in [0.2, 0.25) is 0 Å². The third-order valence-electron chi connectivity index (χ3n) is 2.89. The maximum atomic E-state index is 6.17. The Kier molecular flexibility index (Phi) is 4.56. The minimum absolute atomic E-state index is 0.100. The van der Waals surface area contributed by atoms with Gasteiger partial charge in [0.25, 0.3) is 0 Å². The number of nitrogens with one attached hydrogen (secondary N) is 1. The van der Waals surface area contributed by atoms with Gasteiger partial charge in [0.1, 0.15) is 5.75 Å². The van der Waals surface area contributed by atoms with Gasteiger partial charge in [-0.1, -0.05) is 35.3 Å². The van der Waals surface area contributed by atoms with Crippen molar-refractivity contribution in [1.29, 1.82) is 0 Å². The highest BCUT2D eigenvalue weighted by molar-refractivity contribution is 6.33. The van der Waals surface area contributed by atoms with Gasteiger partial charge in [0.15, 0.2) is 0 Å². The lowest BCUT2D eigenvalue weighted by Gasteiger charge is -2.17. The molecule has 0 radical (unpaired) electrons. The Labute approximate surface area is 123 Å². The highest BCUT2D eigenvalue weighted by atomic mass is 35.5. The molecule has 0 heterocycles. The van der Waals surface area contributed by atoms with Crippen molar-refractivity contribution in [2.45, 2.75) is 13.0 Å². The molecule has 2 aromatic rings. The Morgan fingerprint density at radius 3 is 2.58 bits per heavy atom. The third-order valence-corrected chi connectivity index (χ3v) is 3.46. The highest BCUT2D eigenvalue weighted by Gasteiger charge is 2.09. The van der Waals surface area contributed by atoms with Crippen LogP contribution in [0.4, 0.5) is 5.69 Å². The van der Waals surface area contributed by atoms with E-state index in [0.29, 0.717) is 5.02 Å². The van der Waals surface area contributed by atoms with Crippen molar-refractivity contribution in [2.24, 2.45) is 0 Å². The lowest BCUT2D eigenvalue weighted by molar-refractivity contribution is 0.415. The first-order chi connectivity index (χ1) is 9.10. The SMILES string of the molecule is COc1ccc(Cl)c(NC(C)c2cccc(Cl)c2)c1. The second kappa shape index (κ2) is 6.18. The standard InChI is InChI=1S/C15H15Cl2NO/c1-10(11-4-3-5-12(16)8-11)18-15-9-13(19-2)6-7-14(15)17/h3-10,18H,1-2H3. The van der Waals surface area contributed by atoms with Gasteiger partial charge in [0.05, 0.1) is 17.8 Å². The van der Waals surface area contributed by atoms with Crippen LogP contribution in [0.15, 0.2) is 42.5 Å². The first-order valence-electron chi connectivity index (χ1n) is 5.95. The van der Waals surface area contributed by atoms with E-state index in [-0.39, 0.29) is 6.04 Å². The van der Waals surface area contributed by atoms with E-state index in [2.05, 4.69) is 12.2 Å². The minimum atomic E-state index is 0.100. The zero-order valence-electron chi connectivity index (χ0n) is 10.8. The number of hydrogen-bond acceptors (Lipinski definition) is 2. The van der Waals surface area contributed by atoms with E-state index in [1.807, 2.05) is 42.5 Å². The minimum Gasteiger partial charge on any atom is -0.497 e. The number of methoxy groups -OCH3 is 1. The molecule has 0 bridgehead atoms. The molecule has 2 nitrogen and oxygen atoms in total. The van der Waals surface area contributed by atoms with Gasteiger partial charge in [-0.2, -0.15) is 0 Å². The van der Waals surface area contributed by atoms with Crippen LogP contribution in [-0.2, 0) is 0 Å². The maximum absolute atomic E-state index is 6.17. The summed E-state index contributed by atoms with van der Waals surface area (Å²) in [6, 6.07) is 13.4. The van der Waals surface area contributed by atoms with Crippen LogP contribution in [0.5, 0.6) is 5.75 Å². The first kappa shape index (κ1) is 14.0. The Hall–Kier alpha value is -1.38. The van der Waals surface area contributed by atoms with E-state index in [1.54, 1.807) is 7.11 Å². The summed E-state index contributed by atoms with van der Waals surface area (Å²) in [4.78, 5) is 0. The lowest BCUT2D eigenvalue weighted by Crippen LogP contribution is -2.07. The smallest absolute Gasteiger partial charge is 0.121 e. The molecule has 1 unspecified atom stereocenters. The molecule has 0 fully saturated rings. The zero-order chi connectivity index (χ0) is 13.8. The third kappa shape index (κ3) is 3.55. The number of ether oxygens (including phenoxy) is 1. The number of benzene rings is 2. The van der Waals surface area contributed by atoms with Crippen LogP contribution < -0.4 is 10.1 Å². The van der Waals surface area contributed by atoms with Gasteiger partial charge in [-0.3, -0.25) is 0 Å². The van der Waals surface area contributed by atoms with Gasteiger partial charge in [-0.25, -0.2) is 0 Å². The average molecular weight is 296 g/mol. The molecule has 0 spiro atoms. The molecule has 0 amide bonds. The fourth-order valence-electron chi connectivity index (χ4n) is 1.83. The molecule has 0 saturated heterocycles. The number of halogens is 2. The van der Waals surface area contributed by atoms with E-state index in [1.165, 1.54) is 0 Å². The van der Waals surface area contributed by atoms with Crippen molar-refractivity contribution in [2.75, 3.05) is 12.4 Å². The van der Waals surface area contributed by atoms with E-state index >= 15 is 0 Å². The number of hydrogen-bond donors (Lipinski definition) is 1. The molecule has 2 aromatic carbocycles. The van der Waals surface area contributed by atoms with Crippen LogP contribution in [0, 0.1) is 0 Å². The summed E-state index contributed by atoms with van der Waals surface area (Å²) in [6.07, 6.45) is 0. The molecule has 1 N–H and O–H groups in total. The summed E-state index contributed by atoms with van der Waals surface area (Å²) < 4.78 is 5.20. The normalized spacial score (nSPS) is 12.0. The van der Waals surface area contributed by atoms with Gasteiger partial charge >= 0.3 is 0 Å². The van der Waals surface area contributed by atoms with Crippen molar-refractivity contribution in [3.63, 3.8) is 0 Å². The monoisotopic (exact) mass is 295 g/mol. The fourth-order valence-corrected chi connectivity index (χ4v) is 2.21. The van der Waals surface area contributed by atoms with Crippen LogP contribution in [-0.4, -0.2) is 7.11 Å². The van der Waals surface area contributed by atoms with E-state index < -0.39 is 0 Å². The lowest BCUT2D eigenvalue weighted by atomic mass is 10.1. The quantitative estimate of drug-likeness (QED) is 0.839. The van der Waals surface area contributed by atoms with Crippen LogP contribution >= 0.6 is 23.2 Å². The Balaban J connectivity index is 2.21. The van der Waals surface area contributed by atoms with Crippen molar-refractivity contribution < 1.29 is 4.74 Å². The van der Waals surface area contributed by atoms with E-state index in [4.69, 9.17) is 27.9 Å². The summed E-state index contributed by atoms with van der Waals surface area (Å²) in [5, 5.41) is 4.74. The van der Waals surface area contributed by atoms with Gasteiger partial charge < -0.3 is 10.1 Å². The molecule has 0 aliphatic heterocycles. The maximum Gasteiger partial charge on any atom is 0.121 e. The summed E-state index contributed by atoms with van der Waals surface area (Å²) >= 11 is 12.2. The number of rotatable bonds is 4. The summed E-state index contributed by atoms with van der Waals surface area (Å²) in [5.74, 6) is 0.769. The molecule has 0 aromatic heterocycles. The second-order valence-corrected chi connectivity index (χ2v) is 5.11. The summed E-state index contributed by atoms with van der Waals surface area (Å²) in [5.41, 5.74) is 1.94. The van der Waals surface area contributed by atoms with Crippen molar-refractivity contribution in [1.82, 2.24) is 0 Å². The summed E-state index contributed by atoms with van der Waals surface area (Å²) in [7, 11) is 1.63. The first-order valence-corrected chi connectivity index (χ1v) is 6.71. The highest BCUT2D eigenvalue weighted by Crippen LogP contribution is 2.30. The molecule has 2 rings (SSSR count). The molecule has 0 aliphatic rings. The molecule has 0 aliphatic carbocycles. The van der Waals surface area contributed by atoms with Gasteiger partial charge in [-0.05, 0) is 36.8 Å². The Morgan fingerprint density at radius 2 is 1.89 bits per heavy atom. The Bertz CT molecular complexity index is 572. The summed E-state index contributed by atoms with van der Waals surface area (Å²) in [6.45, 7) is 2.06. The van der Waals surface area contributed by atoms with Crippen LogP contribution in [0.3, 0.4) is 0 Å². The average Bonchev–Trinajstić information content (AvgIpc) is 2.41. The zero-order valence-corrected chi connectivity index (χ0v) is 12.3. The van der Waals surface area contributed by atoms with Crippen LogP contribution in [0.25, 0.3) is 0 Å². The molecular formula is C15H15Cl2NO. The predicted molar refractivity (Wildman–Crippen MR) is 81.5 cm³/mol. The van der Waals surface area contributed by atoms with E-state index in [9.17, 15) is 0 Å². The van der Waals surface area contributed by atoms with Crippen molar-refractivity contribution in [3.05, 3.63) is 58.1 Å². The predicted octanol–water partition coefficient (Wildman–Crippen LogP) is 5.18. The second-order valence-electron chi connectivity index (χ2n) is 4.27. The fraction of sp³-hybridized carbons (Fsp3) is 0.200. The van der Waals surface area contributed by atoms with Crippen molar-refractivity contribution in [3.8, 4) is 5.75 Å². The van der Waals surface area contributed by atoms with Gasteiger partial charge in [0, 0.05) is 17.1 Å². The molecule has 0 saturated carbocycles. The molecule has 19 heavy (non-hydrogen) atoms.